The van der Waals surface area contributed by atoms with Gasteiger partial charge in [0.15, 0.2) is 6.61 Å². The summed E-state index contributed by atoms with van der Waals surface area (Å²) in [6.45, 7) is 2.21. The first-order valence-corrected chi connectivity index (χ1v) is 7.80. The van der Waals surface area contributed by atoms with Crippen LogP contribution < -0.4 is 10.1 Å². The molecule has 2 aromatic rings. The fourth-order valence-electron chi connectivity index (χ4n) is 2.45. The molecule has 1 amide bonds. The molecule has 3 nitrogen and oxygen atoms in total. The first-order valence-electron chi connectivity index (χ1n) is 6.88. The molecule has 0 fully saturated rings. The number of rotatable bonds is 3. The van der Waals surface area contributed by atoms with E-state index in [0.29, 0.717) is 0 Å². The Labute approximate surface area is 132 Å². The number of anilines is 1. The molecule has 1 unspecified atom stereocenters. The zero-order valence-corrected chi connectivity index (χ0v) is 13.3. The van der Waals surface area contributed by atoms with Gasteiger partial charge in [-0.2, -0.15) is 0 Å². The SMILES string of the molecule is Cc1ccccc1CC(Br)c1ccc2c(c1)NC(=O)CO2. The summed E-state index contributed by atoms with van der Waals surface area (Å²) in [7, 11) is 0. The summed E-state index contributed by atoms with van der Waals surface area (Å²) in [6.07, 6.45) is 0.903. The number of nitrogens with one attached hydrogen (secondary N) is 1. The molecule has 3 rings (SSSR count). The maximum atomic E-state index is 11.4. The molecule has 2 aromatic carbocycles. The number of carbonyl (C=O) groups excluding carboxylic acids is 1. The molecule has 108 valence electrons. The summed E-state index contributed by atoms with van der Waals surface area (Å²) < 4.78 is 5.38. The molecule has 1 atom stereocenters. The van der Waals surface area contributed by atoms with Crippen molar-refractivity contribution in [2.45, 2.75) is 18.2 Å². The van der Waals surface area contributed by atoms with Crippen LogP contribution in [0.3, 0.4) is 0 Å². The number of hydrogen-bond acceptors (Lipinski definition) is 2. The minimum absolute atomic E-state index is 0.0906. The lowest BCUT2D eigenvalue weighted by Gasteiger charge is -2.20. The van der Waals surface area contributed by atoms with E-state index in [-0.39, 0.29) is 17.3 Å². The Morgan fingerprint density at radius 3 is 2.90 bits per heavy atom. The van der Waals surface area contributed by atoms with E-state index in [2.05, 4.69) is 46.4 Å². The summed E-state index contributed by atoms with van der Waals surface area (Å²) in [5, 5.41) is 2.85. The number of aryl methyl sites for hydroxylation is 1. The Bertz CT molecular complexity index is 684. The maximum Gasteiger partial charge on any atom is 0.262 e. The number of fused-ring (bicyclic) bond motifs is 1. The van der Waals surface area contributed by atoms with Crippen molar-refractivity contribution >= 4 is 27.5 Å². The molecule has 1 N–H and O–H groups in total. The fraction of sp³-hybridized carbons (Fsp3) is 0.235. The monoisotopic (exact) mass is 345 g/mol. The van der Waals surface area contributed by atoms with E-state index in [1.165, 1.54) is 11.1 Å². The van der Waals surface area contributed by atoms with Crippen LogP contribution in [-0.4, -0.2) is 12.5 Å². The molecular formula is C17H16BrNO2. The molecule has 0 saturated heterocycles. The van der Waals surface area contributed by atoms with Crippen LogP contribution in [-0.2, 0) is 11.2 Å². The minimum atomic E-state index is -0.107. The highest BCUT2D eigenvalue weighted by atomic mass is 79.9. The third kappa shape index (κ3) is 3.10. The molecule has 4 heteroatoms. The van der Waals surface area contributed by atoms with Crippen LogP contribution in [0.4, 0.5) is 5.69 Å². The second kappa shape index (κ2) is 5.90. The molecule has 0 radical (unpaired) electrons. The predicted octanol–water partition coefficient (Wildman–Crippen LogP) is 4.00. The highest BCUT2D eigenvalue weighted by Crippen LogP contribution is 2.35. The zero-order valence-electron chi connectivity index (χ0n) is 11.7. The Hall–Kier alpha value is -1.81. The fourth-order valence-corrected chi connectivity index (χ4v) is 3.08. The van der Waals surface area contributed by atoms with Gasteiger partial charge < -0.3 is 10.1 Å². The Morgan fingerprint density at radius 2 is 2.10 bits per heavy atom. The van der Waals surface area contributed by atoms with Gasteiger partial charge in [0, 0.05) is 4.83 Å². The number of hydrogen-bond donors (Lipinski definition) is 1. The number of benzene rings is 2. The van der Waals surface area contributed by atoms with E-state index in [4.69, 9.17) is 4.74 Å². The van der Waals surface area contributed by atoms with Crippen molar-refractivity contribution in [2.24, 2.45) is 0 Å². The van der Waals surface area contributed by atoms with Crippen LogP contribution in [0.2, 0.25) is 0 Å². The summed E-state index contributed by atoms with van der Waals surface area (Å²) in [4.78, 5) is 11.6. The van der Waals surface area contributed by atoms with E-state index < -0.39 is 0 Å². The Balaban J connectivity index is 1.82. The third-order valence-electron chi connectivity index (χ3n) is 3.66. The lowest BCUT2D eigenvalue weighted by molar-refractivity contribution is -0.118. The highest BCUT2D eigenvalue weighted by molar-refractivity contribution is 9.09. The summed E-state index contributed by atoms with van der Waals surface area (Å²) in [5.41, 5.74) is 4.48. The van der Waals surface area contributed by atoms with Crippen molar-refractivity contribution < 1.29 is 9.53 Å². The van der Waals surface area contributed by atoms with Crippen LogP contribution in [0.1, 0.15) is 21.5 Å². The molecule has 21 heavy (non-hydrogen) atoms. The second-order valence-electron chi connectivity index (χ2n) is 5.19. The van der Waals surface area contributed by atoms with Crippen LogP contribution >= 0.6 is 15.9 Å². The smallest absolute Gasteiger partial charge is 0.262 e. The minimum Gasteiger partial charge on any atom is -0.482 e. The zero-order chi connectivity index (χ0) is 14.8. The lowest BCUT2D eigenvalue weighted by Crippen LogP contribution is -2.25. The van der Waals surface area contributed by atoms with Gasteiger partial charge in [-0.15, -0.1) is 0 Å². The molecule has 1 aliphatic heterocycles. The normalized spacial score (nSPS) is 14.9. The molecular weight excluding hydrogens is 330 g/mol. The van der Waals surface area contributed by atoms with Crippen LogP contribution in [0.25, 0.3) is 0 Å². The van der Waals surface area contributed by atoms with Crippen molar-refractivity contribution in [3.8, 4) is 5.75 Å². The Kier molecular flexibility index (Phi) is 3.97. The van der Waals surface area contributed by atoms with Crippen LogP contribution in [0, 0.1) is 6.92 Å². The summed E-state index contributed by atoms with van der Waals surface area (Å²) >= 11 is 3.75. The van der Waals surface area contributed by atoms with Crippen molar-refractivity contribution in [3.63, 3.8) is 0 Å². The van der Waals surface area contributed by atoms with Crippen LogP contribution in [0.15, 0.2) is 42.5 Å². The predicted molar refractivity (Wildman–Crippen MR) is 87.1 cm³/mol. The van der Waals surface area contributed by atoms with Gasteiger partial charge in [-0.3, -0.25) is 4.79 Å². The molecule has 0 aliphatic carbocycles. The van der Waals surface area contributed by atoms with E-state index in [1.54, 1.807) is 0 Å². The summed E-state index contributed by atoms with van der Waals surface area (Å²) in [6, 6.07) is 14.3. The lowest BCUT2D eigenvalue weighted by atomic mass is 10.00. The number of alkyl halides is 1. The van der Waals surface area contributed by atoms with Crippen molar-refractivity contribution in [3.05, 3.63) is 59.2 Å². The van der Waals surface area contributed by atoms with Gasteiger partial charge in [0.05, 0.1) is 5.69 Å². The van der Waals surface area contributed by atoms with Gasteiger partial charge >= 0.3 is 0 Å². The van der Waals surface area contributed by atoms with Gasteiger partial charge in [0.2, 0.25) is 0 Å². The first kappa shape index (κ1) is 14.1. The first-order chi connectivity index (χ1) is 10.1. The molecule has 0 bridgehead atoms. The topological polar surface area (TPSA) is 38.3 Å². The summed E-state index contributed by atoms with van der Waals surface area (Å²) in [5.74, 6) is 0.624. The molecule has 0 saturated carbocycles. The van der Waals surface area contributed by atoms with E-state index in [1.807, 2.05) is 24.3 Å². The number of halogens is 1. The largest absolute Gasteiger partial charge is 0.482 e. The molecule has 1 heterocycles. The van der Waals surface area contributed by atoms with Crippen LogP contribution in [0.5, 0.6) is 5.75 Å². The van der Waals surface area contributed by atoms with Gasteiger partial charge in [0.25, 0.3) is 5.91 Å². The number of ether oxygens (including phenoxy) is 1. The van der Waals surface area contributed by atoms with E-state index in [0.717, 1.165) is 23.4 Å². The van der Waals surface area contributed by atoms with Crippen molar-refractivity contribution in [1.82, 2.24) is 0 Å². The maximum absolute atomic E-state index is 11.4. The molecule has 0 spiro atoms. The average Bonchev–Trinajstić information content (AvgIpc) is 2.48. The number of amides is 1. The number of carbonyl (C=O) groups is 1. The Morgan fingerprint density at radius 1 is 1.29 bits per heavy atom. The average molecular weight is 346 g/mol. The van der Waals surface area contributed by atoms with Crippen molar-refractivity contribution in [1.29, 1.82) is 0 Å². The standard InChI is InChI=1S/C17H16BrNO2/c1-11-4-2-3-5-12(11)8-14(18)13-6-7-16-15(9-13)19-17(20)10-21-16/h2-7,9,14H,8,10H2,1H3,(H,19,20). The van der Waals surface area contributed by atoms with E-state index >= 15 is 0 Å². The second-order valence-corrected chi connectivity index (χ2v) is 6.30. The van der Waals surface area contributed by atoms with Gasteiger partial charge in [-0.1, -0.05) is 46.3 Å². The van der Waals surface area contributed by atoms with Gasteiger partial charge in [0.1, 0.15) is 5.75 Å². The van der Waals surface area contributed by atoms with Gasteiger partial charge in [-0.05, 0) is 42.2 Å². The quantitative estimate of drug-likeness (QED) is 0.853. The van der Waals surface area contributed by atoms with E-state index in [9.17, 15) is 4.79 Å². The van der Waals surface area contributed by atoms with Crippen molar-refractivity contribution in [2.75, 3.05) is 11.9 Å². The molecule has 1 aliphatic rings. The third-order valence-corrected chi connectivity index (χ3v) is 4.51. The highest BCUT2D eigenvalue weighted by Gasteiger charge is 2.18. The van der Waals surface area contributed by atoms with Gasteiger partial charge in [-0.25, -0.2) is 0 Å². The molecule has 0 aromatic heterocycles.